The summed E-state index contributed by atoms with van der Waals surface area (Å²) in [4.78, 5) is 55.0. The number of anilines is 2. The number of para-hydroxylation sites is 1. The van der Waals surface area contributed by atoms with Crippen molar-refractivity contribution in [3.8, 4) is 16.8 Å². The van der Waals surface area contributed by atoms with Crippen LogP contribution in [0.1, 0.15) is 40.7 Å². The van der Waals surface area contributed by atoms with Crippen molar-refractivity contribution in [1.82, 2.24) is 23.7 Å². The lowest BCUT2D eigenvalue weighted by molar-refractivity contribution is 0.102. The zero-order chi connectivity index (χ0) is 27.0. The van der Waals surface area contributed by atoms with Gasteiger partial charge in [0.25, 0.3) is 11.5 Å². The van der Waals surface area contributed by atoms with Crippen LogP contribution >= 0.6 is 0 Å². The normalized spacial score (nSPS) is 11.1. The van der Waals surface area contributed by atoms with Crippen LogP contribution in [0.5, 0.6) is 0 Å². The molecule has 0 spiro atoms. The summed E-state index contributed by atoms with van der Waals surface area (Å²) in [7, 11) is 0. The van der Waals surface area contributed by atoms with Gasteiger partial charge in [-0.1, -0.05) is 30.3 Å². The van der Waals surface area contributed by atoms with Crippen LogP contribution in [0.3, 0.4) is 0 Å². The second-order valence-corrected chi connectivity index (χ2v) is 8.84. The monoisotopic (exact) mass is 509 g/mol. The molecule has 1 amide bonds. The molecule has 5 rings (SSSR count). The van der Waals surface area contributed by atoms with Crippen molar-refractivity contribution < 1.29 is 9.59 Å². The van der Waals surface area contributed by atoms with E-state index in [0.29, 0.717) is 34.4 Å². The van der Waals surface area contributed by atoms with Crippen molar-refractivity contribution in [2.75, 3.05) is 11.1 Å². The van der Waals surface area contributed by atoms with Gasteiger partial charge >= 0.3 is 5.69 Å². The third kappa shape index (κ3) is 4.15. The number of amides is 1. The van der Waals surface area contributed by atoms with E-state index in [1.165, 1.54) is 21.6 Å². The number of aldehydes is 1. The number of carbonyl (C=O) groups is 2. The van der Waals surface area contributed by atoms with E-state index in [9.17, 15) is 19.2 Å². The number of fused-ring (bicyclic) bond motifs is 1. The molecule has 0 radical (unpaired) electrons. The molecule has 0 bridgehead atoms. The van der Waals surface area contributed by atoms with Crippen molar-refractivity contribution in [3.63, 3.8) is 0 Å². The number of nitrogens with zero attached hydrogens (tertiary/aromatic N) is 5. The molecule has 2 aromatic carbocycles. The topological polar surface area (TPSA) is 146 Å². The number of benzene rings is 2. The van der Waals surface area contributed by atoms with Crippen molar-refractivity contribution >= 4 is 29.2 Å². The number of hydrogen-bond acceptors (Lipinski definition) is 7. The van der Waals surface area contributed by atoms with Crippen molar-refractivity contribution in [3.05, 3.63) is 105 Å². The standard InChI is InChI=1S/C27H23N7O4/c1-16(2)32-13-22(26(37)33(27(32)38)19-6-4-3-5-7-19)25(36)31-18-10-8-17(9-11-18)21-12-20(14-35)34-23(21)24(28)29-15-30-34/h3-16H,1-2H3,(H,31,36)(H2,28,29,30). The molecule has 0 aliphatic heterocycles. The van der Waals surface area contributed by atoms with Crippen LogP contribution in [-0.2, 0) is 0 Å². The molecule has 38 heavy (non-hydrogen) atoms. The van der Waals surface area contributed by atoms with Crippen LogP contribution < -0.4 is 22.3 Å². The van der Waals surface area contributed by atoms with Gasteiger partial charge in [0.1, 0.15) is 23.1 Å². The number of carbonyl (C=O) groups excluding carboxylic acids is 2. The Bertz CT molecular complexity index is 1800. The molecule has 5 aromatic rings. The molecule has 0 unspecified atom stereocenters. The lowest BCUT2D eigenvalue weighted by Gasteiger charge is -2.15. The third-order valence-corrected chi connectivity index (χ3v) is 6.11. The predicted molar refractivity (Wildman–Crippen MR) is 143 cm³/mol. The summed E-state index contributed by atoms with van der Waals surface area (Å²) in [5.41, 5.74) is 7.58. The fourth-order valence-corrected chi connectivity index (χ4v) is 4.23. The molecule has 3 aromatic heterocycles. The van der Waals surface area contributed by atoms with E-state index in [-0.39, 0.29) is 17.4 Å². The highest BCUT2D eigenvalue weighted by Gasteiger charge is 2.20. The highest BCUT2D eigenvalue weighted by atomic mass is 16.2. The van der Waals surface area contributed by atoms with Gasteiger partial charge < -0.3 is 11.1 Å². The van der Waals surface area contributed by atoms with Crippen molar-refractivity contribution in [2.24, 2.45) is 0 Å². The molecular weight excluding hydrogens is 486 g/mol. The van der Waals surface area contributed by atoms with Gasteiger partial charge in [-0.05, 0) is 49.7 Å². The minimum Gasteiger partial charge on any atom is -0.382 e. The van der Waals surface area contributed by atoms with Gasteiger partial charge in [-0.15, -0.1) is 0 Å². The van der Waals surface area contributed by atoms with Gasteiger partial charge in [-0.25, -0.2) is 18.9 Å². The van der Waals surface area contributed by atoms with E-state index < -0.39 is 17.2 Å². The number of nitrogens with one attached hydrogen (secondary N) is 1. The molecule has 0 fully saturated rings. The molecule has 0 aliphatic carbocycles. The number of nitrogens with two attached hydrogens (primary N) is 1. The van der Waals surface area contributed by atoms with Crippen LogP contribution in [0.2, 0.25) is 0 Å². The fourth-order valence-electron chi connectivity index (χ4n) is 4.23. The molecule has 190 valence electrons. The van der Waals surface area contributed by atoms with Gasteiger partial charge in [0.15, 0.2) is 12.1 Å². The smallest absolute Gasteiger partial charge is 0.335 e. The summed E-state index contributed by atoms with van der Waals surface area (Å²) in [6.07, 6.45) is 3.23. The van der Waals surface area contributed by atoms with Crippen LogP contribution in [0.15, 0.2) is 82.8 Å². The minimum absolute atomic E-state index is 0.176. The van der Waals surface area contributed by atoms with Crippen LogP contribution in [0.25, 0.3) is 22.3 Å². The van der Waals surface area contributed by atoms with Gasteiger partial charge in [0.05, 0.1) is 5.69 Å². The molecule has 3 heterocycles. The summed E-state index contributed by atoms with van der Waals surface area (Å²) < 4.78 is 3.76. The Hall–Kier alpha value is -5.32. The van der Waals surface area contributed by atoms with Crippen LogP contribution in [0, 0.1) is 0 Å². The zero-order valence-corrected chi connectivity index (χ0v) is 20.5. The van der Waals surface area contributed by atoms with Gasteiger partial charge in [-0.2, -0.15) is 5.10 Å². The van der Waals surface area contributed by atoms with Crippen LogP contribution in [-0.4, -0.2) is 35.9 Å². The number of rotatable bonds is 6. The van der Waals surface area contributed by atoms with E-state index in [4.69, 9.17) is 5.73 Å². The predicted octanol–water partition coefficient (Wildman–Crippen LogP) is 2.94. The fraction of sp³-hybridized carbons (Fsp3) is 0.111. The molecule has 3 N–H and O–H groups in total. The van der Waals surface area contributed by atoms with Crippen molar-refractivity contribution in [1.29, 1.82) is 0 Å². The SMILES string of the molecule is CC(C)n1cc(C(=O)Nc2ccc(-c3cc(C=O)n4ncnc(N)c34)cc2)c(=O)n(-c2ccccc2)c1=O. The number of nitrogen functional groups attached to an aromatic ring is 1. The highest BCUT2D eigenvalue weighted by Crippen LogP contribution is 2.30. The van der Waals surface area contributed by atoms with Crippen molar-refractivity contribution in [2.45, 2.75) is 19.9 Å². The summed E-state index contributed by atoms with van der Waals surface area (Å²) in [5.74, 6) is -0.438. The van der Waals surface area contributed by atoms with Gasteiger partial charge in [0, 0.05) is 23.5 Å². The van der Waals surface area contributed by atoms with E-state index in [1.54, 1.807) is 74.5 Å². The molecular formula is C27H23N7O4. The molecule has 0 saturated carbocycles. The molecule has 11 heteroatoms. The lowest BCUT2D eigenvalue weighted by Crippen LogP contribution is -2.42. The summed E-state index contributed by atoms with van der Waals surface area (Å²) in [6, 6.07) is 16.6. The van der Waals surface area contributed by atoms with E-state index >= 15 is 0 Å². The minimum atomic E-state index is -0.718. The Morgan fingerprint density at radius 1 is 1.05 bits per heavy atom. The first kappa shape index (κ1) is 24.4. The lowest BCUT2D eigenvalue weighted by atomic mass is 10.1. The first-order chi connectivity index (χ1) is 18.3. The summed E-state index contributed by atoms with van der Waals surface area (Å²) in [6.45, 7) is 3.59. The second-order valence-electron chi connectivity index (χ2n) is 8.84. The third-order valence-electron chi connectivity index (χ3n) is 6.11. The average Bonchev–Trinajstić information content (AvgIpc) is 3.30. The Labute approximate surface area is 215 Å². The van der Waals surface area contributed by atoms with Crippen LogP contribution in [0.4, 0.5) is 11.5 Å². The molecule has 11 nitrogen and oxygen atoms in total. The molecule has 0 atom stereocenters. The summed E-state index contributed by atoms with van der Waals surface area (Å²) in [5, 5.41) is 6.82. The van der Waals surface area contributed by atoms with E-state index in [2.05, 4.69) is 15.4 Å². The van der Waals surface area contributed by atoms with Gasteiger partial charge in [0.2, 0.25) is 0 Å². The highest BCUT2D eigenvalue weighted by molar-refractivity contribution is 6.04. The second kappa shape index (κ2) is 9.62. The Balaban J connectivity index is 1.50. The first-order valence-corrected chi connectivity index (χ1v) is 11.7. The molecule has 0 saturated heterocycles. The largest absolute Gasteiger partial charge is 0.382 e. The van der Waals surface area contributed by atoms with E-state index in [0.717, 1.165) is 10.1 Å². The summed E-state index contributed by atoms with van der Waals surface area (Å²) >= 11 is 0. The van der Waals surface area contributed by atoms with Gasteiger partial charge in [-0.3, -0.25) is 19.0 Å². The number of hydrogen-bond donors (Lipinski definition) is 2. The molecule has 0 aliphatic rings. The number of aromatic nitrogens is 5. The maximum atomic E-state index is 13.3. The average molecular weight is 510 g/mol. The quantitative estimate of drug-likeness (QED) is 0.335. The Morgan fingerprint density at radius 2 is 1.76 bits per heavy atom. The maximum absolute atomic E-state index is 13.3. The Morgan fingerprint density at radius 3 is 2.42 bits per heavy atom. The first-order valence-electron chi connectivity index (χ1n) is 11.7. The zero-order valence-electron chi connectivity index (χ0n) is 20.5. The van der Waals surface area contributed by atoms with E-state index in [1.807, 2.05) is 0 Å². The Kier molecular flexibility index (Phi) is 6.17. The maximum Gasteiger partial charge on any atom is 0.335 e.